The van der Waals surface area contributed by atoms with E-state index in [-0.39, 0.29) is 11.8 Å². The maximum atomic E-state index is 12.5. The van der Waals surface area contributed by atoms with Gasteiger partial charge in [-0.1, -0.05) is 13.0 Å². The number of aromatic nitrogens is 4. The highest BCUT2D eigenvalue weighted by atomic mass is 32.1. The molecule has 1 N–H and O–H groups in total. The van der Waals surface area contributed by atoms with Crippen LogP contribution in [0.5, 0.6) is 0 Å². The van der Waals surface area contributed by atoms with Crippen molar-refractivity contribution in [3.8, 4) is 10.7 Å². The molecule has 0 spiro atoms. The highest BCUT2D eigenvalue weighted by molar-refractivity contribution is 7.13. The third-order valence-electron chi connectivity index (χ3n) is 4.68. The number of anilines is 1. The van der Waals surface area contributed by atoms with Crippen molar-refractivity contribution in [2.75, 3.05) is 25.0 Å². The number of hydrogen-bond acceptors (Lipinski definition) is 6. The smallest absolute Gasteiger partial charge is 0.227 e. The molecule has 1 atom stereocenters. The topological polar surface area (TPSA) is 75.4 Å². The van der Waals surface area contributed by atoms with E-state index in [0.29, 0.717) is 18.0 Å². The van der Waals surface area contributed by atoms with Crippen molar-refractivity contribution in [3.05, 3.63) is 29.6 Å². The van der Waals surface area contributed by atoms with E-state index in [1.165, 1.54) is 6.42 Å². The number of nitrogens with one attached hydrogen (secondary N) is 1. The molecule has 4 rings (SSSR count). The molecule has 3 aromatic rings. The summed E-state index contributed by atoms with van der Waals surface area (Å²) in [6, 6.07) is 7.75. The van der Waals surface area contributed by atoms with E-state index in [1.54, 1.807) is 15.9 Å². The number of carbonyl (C=O) groups is 1. The second kappa shape index (κ2) is 7.41. The van der Waals surface area contributed by atoms with Gasteiger partial charge in [-0.25, -0.2) is 0 Å². The number of likely N-dealkylation sites (tertiary alicyclic amines) is 1. The van der Waals surface area contributed by atoms with E-state index in [1.807, 2.05) is 41.5 Å². The van der Waals surface area contributed by atoms with Crippen LogP contribution in [-0.2, 0) is 4.79 Å². The molecular weight excluding hydrogens is 348 g/mol. The zero-order valence-electron chi connectivity index (χ0n) is 14.8. The second-order valence-electron chi connectivity index (χ2n) is 6.66. The highest BCUT2D eigenvalue weighted by Gasteiger charge is 2.22. The van der Waals surface area contributed by atoms with Gasteiger partial charge >= 0.3 is 0 Å². The standard InChI is InChI=1S/C18H22N6OS/c1-13(18(25)23-9-3-2-4-10-23)12-19-15-7-8-16-20-21-17(24(16)22-15)14-6-5-11-26-14/h5-8,11,13H,2-4,9-10,12H2,1H3,(H,19,22)/t13-/m1/s1. The van der Waals surface area contributed by atoms with Crippen molar-refractivity contribution in [2.24, 2.45) is 5.92 Å². The van der Waals surface area contributed by atoms with Gasteiger partial charge in [0.1, 0.15) is 5.82 Å². The summed E-state index contributed by atoms with van der Waals surface area (Å²) in [7, 11) is 0. The minimum absolute atomic E-state index is 0.0803. The van der Waals surface area contributed by atoms with Crippen molar-refractivity contribution in [1.29, 1.82) is 0 Å². The van der Waals surface area contributed by atoms with E-state index < -0.39 is 0 Å². The van der Waals surface area contributed by atoms with Gasteiger partial charge in [-0.15, -0.1) is 26.6 Å². The molecule has 8 heteroatoms. The predicted molar refractivity (Wildman–Crippen MR) is 102 cm³/mol. The van der Waals surface area contributed by atoms with Gasteiger partial charge in [0.25, 0.3) is 0 Å². The summed E-state index contributed by atoms with van der Waals surface area (Å²) in [5, 5.41) is 18.3. The number of nitrogens with zero attached hydrogens (tertiary/aromatic N) is 5. The number of thiophene rings is 1. The lowest BCUT2D eigenvalue weighted by Crippen LogP contribution is -2.40. The molecule has 4 heterocycles. The van der Waals surface area contributed by atoms with Crippen LogP contribution in [0.15, 0.2) is 29.6 Å². The van der Waals surface area contributed by atoms with Gasteiger partial charge in [0, 0.05) is 19.6 Å². The summed E-state index contributed by atoms with van der Waals surface area (Å²) >= 11 is 1.61. The zero-order valence-corrected chi connectivity index (χ0v) is 15.6. The Morgan fingerprint density at radius 1 is 1.23 bits per heavy atom. The average Bonchev–Trinajstić information content (AvgIpc) is 3.35. The number of carbonyl (C=O) groups excluding carboxylic acids is 1. The molecule has 1 aliphatic rings. The largest absolute Gasteiger partial charge is 0.368 e. The lowest BCUT2D eigenvalue weighted by Gasteiger charge is -2.29. The van der Waals surface area contributed by atoms with E-state index >= 15 is 0 Å². The molecule has 1 saturated heterocycles. The fourth-order valence-corrected chi connectivity index (χ4v) is 3.91. The quantitative estimate of drug-likeness (QED) is 0.747. The van der Waals surface area contributed by atoms with Crippen LogP contribution in [0.3, 0.4) is 0 Å². The third-order valence-corrected chi connectivity index (χ3v) is 5.55. The van der Waals surface area contributed by atoms with E-state index in [2.05, 4.69) is 20.6 Å². The summed E-state index contributed by atoms with van der Waals surface area (Å²) < 4.78 is 1.74. The summed E-state index contributed by atoms with van der Waals surface area (Å²) in [6.07, 6.45) is 3.46. The second-order valence-corrected chi connectivity index (χ2v) is 7.61. The van der Waals surface area contributed by atoms with E-state index in [0.717, 1.165) is 36.6 Å². The number of hydrogen-bond donors (Lipinski definition) is 1. The molecule has 0 unspecified atom stereocenters. The van der Waals surface area contributed by atoms with Crippen LogP contribution in [-0.4, -0.2) is 50.3 Å². The van der Waals surface area contributed by atoms with Crippen molar-refractivity contribution in [3.63, 3.8) is 0 Å². The van der Waals surface area contributed by atoms with Gasteiger partial charge in [-0.3, -0.25) is 4.79 Å². The molecule has 1 amide bonds. The third kappa shape index (κ3) is 3.41. The Kier molecular flexibility index (Phi) is 4.83. The molecule has 7 nitrogen and oxygen atoms in total. The summed E-state index contributed by atoms with van der Waals surface area (Å²) in [6.45, 7) is 4.30. The minimum Gasteiger partial charge on any atom is -0.368 e. The Morgan fingerprint density at radius 2 is 2.08 bits per heavy atom. The Bertz CT molecular complexity index is 884. The van der Waals surface area contributed by atoms with Crippen LogP contribution < -0.4 is 5.32 Å². The average molecular weight is 370 g/mol. The van der Waals surface area contributed by atoms with Crippen LogP contribution >= 0.6 is 11.3 Å². The summed E-state index contributed by atoms with van der Waals surface area (Å²) in [4.78, 5) is 15.6. The van der Waals surface area contributed by atoms with Crippen molar-refractivity contribution >= 4 is 28.7 Å². The van der Waals surface area contributed by atoms with Crippen LogP contribution in [0.25, 0.3) is 16.3 Å². The molecule has 1 fully saturated rings. The molecule has 0 radical (unpaired) electrons. The van der Waals surface area contributed by atoms with Gasteiger partial charge in [0.15, 0.2) is 11.5 Å². The van der Waals surface area contributed by atoms with Gasteiger partial charge in [0.2, 0.25) is 5.91 Å². The first-order valence-electron chi connectivity index (χ1n) is 9.01. The first-order chi connectivity index (χ1) is 12.7. The fourth-order valence-electron chi connectivity index (χ4n) is 3.21. The van der Waals surface area contributed by atoms with Crippen LogP contribution in [0.1, 0.15) is 26.2 Å². The molecule has 0 aliphatic carbocycles. The minimum atomic E-state index is -0.0803. The maximum absolute atomic E-state index is 12.5. The molecular formula is C18H22N6OS. The van der Waals surface area contributed by atoms with E-state index in [9.17, 15) is 4.79 Å². The molecule has 3 aromatic heterocycles. The maximum Gasteiger partial charge on any atom is 0.227 e. The Labute approximate surface area is 156 Å². The number of rotatable bonds is 5. The first kappa shape index (κ1) is 17.0. The molecule has 0 saturated carbocycles. The van der Waals surface area contributed by atoms with Crippen LogP contribution in [0, 0.1) is 5.92 Å². The van der Waals surface area contributed by atoms with Crippen molar-refractivity contribution < 1.29 is 4.79 Å². The Hall–Kier alpha value is -2.48. The SMILES string of the molecule is C[C@H](CNc1ccc2nnc(-c3cccs3)n2n1)C(=O)N1CCCCC1. The lowest BCUT2D eigenvalue weighted by atomic mass is 10.1. The lowest BCUT2D eigenvalue weighted by molar-refractivity contribution is -0.135. The monoisotopic (exact) mass is 370 g/mol. The summed E-state index contributed by atoms with van der Waals surface area (Å²) in [5.74, 6) is 1.59. The van der Waals surface area contributed by atoms with Crippen LogP contribution in [0.2, 0.25) is 0 Å². The number of piperidine rings is 1. The molecule has 0 bridgehead atoms. The number of fused-ring (bicyclic) bond motifs is 1. The zero-order chi connectivity index (χ0) is 17.9. The van der Waals surface area contributed by atoms with Gasteiger partial charge in [-0.2, -0.15) is 4.52 Å². The van der Waals surface area contributed by atoms with Crippen molar-refractivity contribution in [1.82, 2.24) is 24.7 Å². The van der Waals surface area contributed by atoms with Gasteiger partial charge in [-0.05, 0) is 42.8 Å². The van der Waals surface area contributed by atoms with E-state index in [4.69, 9.17) is 0 Å². The Morgan fingerprint density at radius 3 is 2.85 bits per heavy atom. The number of amides is 1. The fraction of sp³-hybridized carbons (Fsp3) is 0.444. The highest BCUT2D eigenvalue weighted by Crippen LogP contribution is 2.23. The first-order valence-corrected chi connectivity index (χ1v) is 9.89. The molecule has 26 heavy (non-hydrogen) atoms. The summed E-state index contributed by atoms with van der Waals surface area (Å²) in [5.41, 5.74) is 0.705. The normalized spacial score (nSPS) is 16.0. The van der Waals surface area contributed by atoms with Crippen LogP contribution in [0.4, 0.5) is 5.82 Å². The van der Waals surface area contributed by atoms with Crippen molar-refractivity contribution in [2.45, 2.75) is 26.2 Å². The van der Waals surface area contributed by atoms with Gasteiger partial charge < -0.3 is 10.2 Å². The molecule has 1 aliphatic heterocycles. The molecule has 0 aromatic carbocycles. The molecule has 136 valence electrons. The van der Waals surface area contributed by atoms with Gasteiger partial charge in [0.05, 0.1) is 10.8 Å². The predicted octanol–water partition coefficient (Wildman–Crippen LogP) is 2.91. The Balaban J connectivity index is 1.45.